The summed E-state index contributed by atoms with van der Waals surface area (Å²) >= 11 is 0. The lowest BCUT2D eigenvalue weighted by Gasteiger charge is -2.30. The van der Waals surface area contributed by atoms with Crippen LogP contribution in [-0.4, -0.2) is 20.8 Å². The normalized spacial score (nSPS) is 19.4. The maximum atomic E-state index is 5.34. The number of rotatable bonds is 7. The molecule has 316 valence electrons. The van der Waals surface area contributed by atoms with Crippen molar-refractivity contribution in [3.8, 4) is 16.8 Å². The lowest BCUT2D eigenvalue weighted by Crippen LogP contribution is -2.36. The minimum absolute atomic E-state index is 0.149. The number of aliphatic imine (C=N–C) groups is 2. The molecule has 5 heteroatoms. The first-order valence-electron chi connectivity index (χ1n) is 23.4. The molecule has 4 aliphatic carbocycles. The van der Waals surface area contributed by atoms with E-state index in [9.17, 15) is 0 Å². The van der Waals surface area contributed by atoms with Gasteiger partial charge in [0.25, 0.3) is 0 Å². The molecule has 2 aromatic heterocycles. The molecule has 0 saturated heterocycles. The Bertz CT molecular complexity index is 3570. The van der Waals surface area contributed by atoms with Gasteiger partial charge in [0.15, 0.2) is 6.17 Å². The maximum absolute atomic E-state index is 5.34. The van der Waals surface area contributed by atoms with Crippen LogP contribution in [0.3, 0.4) is 0 Å². The molecule has 0 amide bonds. The zero-order valence-electron chi connectivity index (χ0n) is 36.6. The molecular weight excluding hydrogens is 803 g/mol. The summed E-state index contributed by atoms with van der Waals surface area (Å²) in [6.07, 6.45) is 27.0. The van der Waals surface area contributed by atoms with Gasteiger partial charge in [0.05, 0.1) is 11.4 Å². The summed E-state index contributed by atoms with van der Waals surface area (Å²) in [5.74, 6) is 1.83. The van der Waals surface area contributed by atoms with E-state index in [2.05, 4.69) is 227 Å². The monoisotopic (exact) mass is 849 g/mol. The molecule has 3 unspecified atom stereocenters. The van der Waals surface area contributed by atoms with Crippen molar-refractivity contribution in [2.24, 2.45) is 15.9 Å². The predicted octanol–water partition coefficient (Wildman–Crippen LogP) is 12.4. The van der Waals surface area contributed by atoms with Crippen LogP contribution in [-0.2, 0) is 6.42 Å². The fraction of sp³-hybridized carbons (Fsp3) is 0.115. The van der Waals surface area contributed by atoms with E-state index in [1.807, 2.05) is 0 Å². The fourth-order valence-electron chi connectivity index (χ4n) is 10.9. The quantitative estimate of drug-likeness (QED) is 0.171. The van der Waals surface area contributed by atoms with Crippen LogP contribution in [0.2, 0.25) is 0 Å². The molecule has 13 rings (SSSR count). The molecule has 0 saturated carbocycles. The van der Waals surface area contributed by atoms with Crippen molar-refractivity contribution in [3.63, 3.8) is 0 Å². The van der Waals surface area contributed by atoms with Gasteiger partial charge in [0.1, 0.15) is 11.7 Å². The number of para-hydroxylation sites is 2. The van der Waals surface area contributed by atoms with Gasteiger partial charge in [-0.25, -0.2) is 9.98 Å². The Morgan fingerprint density at radius 1 is 0.576 bits per heavy atom. The first-order valence-corrected chi connectivity index (χ1v) is 23.4. The van der Waals surface area contributed by atoms with E-state index in [4.69, 9.17) is 9.98 Å². The fourth-order valence-corrected chi connectivity index (χ4v) is 10.9. The number of allylic oxidation sites excluding steroid dienone is 9. The molecule has 6 aromatic carbocycles. The molecule has 1 aliphatic heterocycles. The lowest BCUT2D eigenvalue weighted by atomic mass is 9.83. The third-order valence-corrected chi connectivity index (χ3v) is 14.1. The van der Waals surface area contributed by atoms with E-state index < -0.39 is 6.17 Å². The second kappa shape index (κ2) is 15.9. The standard InChI is InChI=1S/C61H47N5/c1-3-16-40(17-4-1)43-20-13-23-46(36-43)60-62-59(63-61(64-60)47-24-14-21-44(37-47)41-18-5-2-6-19-41)42-32-34-48(35-33-42)65-54-28-10-9-27-51(54)53-39-52-45(38-58(53)65)22-15-31-57(52)66-55-29-11-7-25-49(55)50-26-8-12-30-56(50)66/h1-5,7-9,11-18,20-27,29-39,52,57,60H,6,10,19,28H2,(H,62,63,64). The van der Waals surface area contributed by atoms with Gasteiger partial charge in [-0.2, -0.15) is 0 Å². The maximum Gasteiger partial charge on any atom is 0.169 e. The number of amidine groups is 2. The molecule has 0 radical (unpaired) electrons. The highest BCUT2D eigenvalue weighted by molar-refractivity contribution is 6.16. The number of aromatic nitrogens is 2. The van der Waals surface area contributed by atoms with Crippen LogP contribution in [0.4, 0.5) is 0 Å². The van der Waals surface area contributed by atoms with E-state index in [1.54, 1.807) is 0 Å². The van der Waals surface area contributed by atoms with Crippen molar-refractivity contribution in [1.82, 2.24) is 14.5 Å². The van der Waals surface area contributed by atoms with Crippen LogP contribution < -0.4 is 15.9 Å². The average molecular weight is 850 g/mol. The van der Waals surface area contributed by atoms with Gasteiger partial charge < -0.3 is 14.5 Å². The summed E-state index contributed by atoms with van der Waals surface area (Å²) in [5.41, 5.74) is 15.8. The second-order valence-electron chi connectivity index (χ2n) is 18.0. The first-order chi connectivity index (χ1) is 32.7. The number of benzene rings is 6. The second-order valence-corrected chi connectivity index (χ2v) is 18.0. The Hall–Kier alpha value is -8.02. The van der Waals surface area contributed by atoms with Gasteiger partial charge in [-0.15, -0.1) is 0 Å². The number of fused-ring (bicyclic) bond motifs is 7. The molecule has 5 aliphatic rings. The molecule has 3 atom stereocenters. The Kier molecular flexibility index (Phi) is 9.26. The van der Waals surface area contributed by atoms with Crippen LogP contribution >= 0.6 is 0 Å². The number of hydrogen-bond donors (Lipinski definition) is 1. The van der Waals surface area contributed by atoms with Gasteiger partial charge in [-0.05, 0) is 114 Å². The van der Waals surface area contributed by atoms with E-state index in [1.165, 1.54) is 65.9 Å². The largest absolute Gasteiger partial charge is 0.332 e. The van der Waals surface area contributed by atoms with Crippen LogP contribution in [0.15, 0.2) is 210 Å². The van der Waals surface area contributed by atoms with Crippen molar-refractivity contribution in [1.29, 1.82) is 0 Å². The molecule has 5 nitrogen and oxygen atoms in total. The van der Waals surface area contributed by atoms with Gasteiger partial charge in [0, 0.05) is 61.0 Å². The van der Waals surface area contributed by atoms with E-state index in [0.717, 1.165) is 65.3 Å². The van der Waals surface area contributed by atoms with Gasteiger partial charge in [-0.3, -0.25) is 0 Å². The molecule has 0 bridgehead atoms. The van der Waals surface area contributed by atoms with Gasteiger partial charge >= 0.3 is 0 Å². The number of nitrogens with zero attached hydrogens (tertiary/aromatic N) is 4. The third kappa shape index (κ3) is 6.53. The smallest absolute Gasteiger partial charge is 0.169 e. The Labute approximate surface area is 384 Å². The van der Waals surface area contributed by atoms with Gasteiger partial charge in [0.2, 0.25) is 0 Å². The van der Waals surface area contributed by atoms with E-state index in [-0.39, 0.29) is 12.0 Å². The zero-order chi connectivity index (χ0) is 43.6. The Balaban J connectivity index is 0.890. The minimum atomic E-state index is -0.419. The van der Waals surface area contributed by atoms with Crippen LogP contribution in [0.1, 0.15) is 65.0 Å². The van der Waals surface area contributed by atoms with Crippen LogP contribution in [0, 0.1) is 5.92 Å². The summed E-state index contributed by atoms with van der Waals surface area (Å²) < 4.78 is 5.08. The van der Waals surface area contributed by atoms with Crippen molar-refractivity contribution >= 4 is 57.3 Å². The van der Waals surface area contributed by atoms with Crippen LogP contribution in [0.25, 0.3) is 62.4 Å². The molecule has 1 N–H and O–H groups in total. The summed E-state index contributed by atoms with van der Waals surface area (Å²) in [6, 6.07) is 54.9. The van der Waals surface area contributed by atoms with Crippen molar-refractivity contribution in [2.45, 2.75) is 37.9 Å². The lowest BCUT2D eigenvalue weighted by molar-refractivity contribution is 0.558. The SMILES string of the molecule is C1=CCCC(c2cccc(C3=NC(c4cccc(-c5ccccc5)c4)N=C(c4ccc(-n5c6c(c7c5=CC5=CC=CC(n8c9ccccc9c9ccccc98)C5C=7)C=CCC6)cc4)N3)c2)=C1. The molecule has 0 fully saturated rings. The molecule has 0 spiro atoms. The van der Waals surface area contributed by atoms with Gasteiger partial charge in [-0.1, -0.05) is 158 Å². The van der Waals surface area contributed by atoms with E-state index in [0.29, 0.717) is 0 Å². The predicted molar refractivity (Wildman–Crippen MR) is 274 cm³/mol. The Morgan fingerprint density at radius 3 is 2.09 bits per heavy atom. The number of nitrogens with one attached hydrogen (secondary N) is 1. The van der Waals surface area contributed by atoms with E-state index >= 15 is 0 Å². The summed E-state index contributed by atoms with van der Waals surface area (Å²) in [7, 11) is 0. The van der Waals surface area contributed by atoms with Crippen molar-refractivity contribution in [2.75, 3.05) is 0 Å². The van der Waals surface area contributed by atoms with Crippen LogP contribution in [0.5, 0.6) is 0 Å². The summed E-state index contributed by atoms with van der Waals surface area (Å²) in [5, 5.41) is 8.90. The minimum Gasteiger partial charge on any atom is -0.332 e. The number of hydrogen-bond acceptors (Lipinski definition) is 3. The first kappa shape index (κ1) is 38.4. The topological polar surface area (TPSA) is 46.6 Å². The molecular formula is C61H47N5. The highest BCUT2D eigenvalue weighted by Gasteiger charge is 2.31. The highest BCUT2D eigenvalue weighted by Crippen LogP contribution is 2.41. The zero-order valence-corrected chi connectivity index (χ0v) is 36.6. The highest BCUT2D eigenvalue weighted by atomic mass is 15.2. The third-order valence-electron chi connectivity index (χ3n) is 14.1. The van der Waals surface area contributed by atoms with Crippen molar-refractivity contribution < 1.29 is 0 Å². The Morgan fingerprint density at radius 2 is 1.29 bits per heavy atom. The average Bonchev–Trinajstić information content (AvgIpc) is 3.90. The van der Waals surface area contributed by atoms with Crippen molar-refractivity contribution in [3.05, 3.63) is 244 Å². The molecule has 8 aromatic rings. The molecule has 3 heterocycles. The summed E-state index contributed by atoms with van der Waals surface area (Å²) in [4.78, 5) is 10.7. The summed E-state index contributed by atoms with van der Waals surface area (Å²) in [6.45, 7) is 0. The molecule has 66 heavy (non-hydrogen) atoms.